The van der Waals surface area contributed by atoms with Gasteiger partial charge in [0.25, 0.3) is 5.91 Å². The van der Waals surface area contributed by atoms with Crippen LogP contribution in [0.2, 0.25) is 0 Å². The van der Waals surface area contributed by atoms with E-state index >= 15 is 0 Å². The number of carbonyl (C=O) groups excluding carboxylic acids is 1. The number of phenolic OH excluding ortho intramolecular Hbond substituents is 1. The van der Waals surface area contributed by atoms with Crippen molar-refractivity contribution in [3.8, 4) is 5.75 Å². The zero-order valence-electron chi connectivity index (χ0n) is 6.61. The summed E-state index contributed by atoms with van der Waals surface area (Å²) in [5.41, 5.74) is 8.11. The largest absolute Gasteiger partial charge is 0.506 e. The van der Waals surface area contributed by atoms with Crippen LogP contribution in [0.5, 0.6) is 5.75 Å². The van der Waals surface area contributed by atoms with Gasteiger partial charge in [-0.05, 0) is 68.0 Å². The molecular weight excluding hydrogens is 412 g/mol. The van der Waals surface area contributed by atoms with Gasteiger partial charge in [-0.2, -0.15) is 0 Å². The van der Waals surface area contributed by atoms with Crippen LogP contribution in [-0.4, -0.2) is 11.0 Å². The highest BCUT2D eigenvalue weighted by molar-refractivity contribution is 14.1. The lowest BCUT2D eigenvalue weighted by Crippen LogP contribution is -1.96. The number of halogens is 2. The summed E-state index contributed by atoms with van der Waals surface area (Å²) in [6.45, 7) is 0. The first kappa shape index (κ1) is 11.5. The van der Waals surface area contributed by atoms with Crippen molar-refractivity contribution in [3.63, 3.8) is 0 Å². The number of benzene rings is 1. The third-order valence-electron chi connectivity index (χ3n) is 1.39. The first-order chi connectivity index (χ1) is 6.56. The molecule has 0 bridgehead atoms. The fourth-order valence-electron chi connectivity index (χ4n) is 0.823. The van der Waals surface area contributed by atoms with Crippen LogP contribution in [0.4, 0.5) is 0 Å². The molecule has 0 fully saturated rings. The van der Waals surface area contributed by atoms with Crippen LogP contribution in [0.3, 0.4) is 0 Å². The molecule has 0 saturated heterocycles. The SMILES string of the molecule is [N-]=[N+]=NC(=O)c1cc(I)cc(I)c1O. The Hall–Kier alpha value is -0.540. The number of hydrogen-bond donors (Lipinski definition) is 1. The van der Waals surface area contributed by atoms with Crippen molar-refractivity contribution < 1.29 is 9.90 Å². The van der Waals surface area contributed by atoms with E-state index in [2.05, 4.69) is 10.0 Å². The van der Waals surface area contributed by atoms with Gasteiger partial charge in [0.05, 0.1) is 9.13 Å². The summed E-state index contributed by atoms with van der Waals surface area (Å²) >= 11 is 3.90. The second-order valence-corrected chi connectivity index (χ2v) is 4.69. The van der Waals surface area contributed by atoms with Gasteiger partial charge in [-0.25, -0.2) is 0 Å². The Balaban J connectivity index is 3.33. The molecule has 1 aromatic rings. The lowest BCUT2D eigenvalue weighted by atomic mass is 10.2. The molecule has 5 nitrogen and oxygen atoms in total. The number of nitrogens with zero attached hydrogens (tertiary/aromatic N) is 3. The molecule has 0 aromatic heterocycles. The van der Waals surface area contributed by atoms with E-state index in [-0.39, 0.29) is 11.3 Å². The maximum atomic E-state index is 11.2. The first-order valence-electron chi connectivity index (χ1n) is 3.33. The topological polar surface area (TPSA) is 86.1 Å². The molecule has 1 amide bonds. The van der Waals surface area contributed by atoms with Crippen molar-refractivity contribution in [1.82, 2.24) is 0 Å². The van der Waals surface area contributed by atoms with Gasteiger partial charge < -0.3 is 5.11 Å². The van der Waals surface area contributed by atoms with Crippen molar-refractivity contribution in [2.45, 2.75) is 0 Å². The van der Waals surface area contributed by atoms with Crippen LogP contribution in [0.1, 0.15) is 10.4 Å². The molecule has 0 saturated carbocycles. The summed E-state index contributed by atoms with van der Waals surface area (Å²) in [5.74, 6) is -0.926. The highest BCUT2D eigenvalue weighted by Gasteiger charge is 2.13. The molecule has 1 aromatic carbocycles. The van der Waals surface area contributed by atoms with Gasteiger partial charge in [0.1, 0.15) is 5.75 Å². The van der Waals surface area contributed by atoms with Gasteiger partial charge in [-0.1, -0.05) is 0 Å². The molecule has 7 heteroatoms. The Morgan fingerprint density at radius 3 is 2.71 bits per heavy atom. The van der Waals surface area contributed by atoms with E-state index < -0.39 is 5.91 Å². The lowest BCUT2D eigenvalue weighted by Gasteiger charge is -2.03. The van der Waals surface area contributed by atoms with Gasteiger partial charge >= 0.3 is 0 Å². The average Bonchev–Trinajstić information content (AvgIpc) is 2.11. The zero-order chi connectivity index (χ0) is 10.7. The first-order valence-corrected chi connectivity index (χ1v) is 5.49. The number of azide groups is 1. The maximum absolute atomic E-state index is 11.2. The Morgan fingerprint density at radius 1 is 1.50 bits per heavy atom. The number of carbonyl (C=O) groups is 1. The minimum atomic E-state index is -0.776. The predicted molar refractivity (Wildman–Crippen MR) is 67.0 cm³/mol. The van der Waals surface area contributed by atoms with Crippen molar-refractivity contribution in [3.05, 3.63) is 35.3 Å². The van der Waals surface area contributed by atoms with Crippen LogP contribution >= 0.6 is 45.2 Å². The third-order valence-corrected chi connectivity index (χ3v) is 2.84. The van der Waals surface area contributed by atoms with E-state index in [0.717, 1.165) is 3.57 Å². The molecule has 1 rings (SSSR count). The average molecular weight is 415 g/mol. The quantitative estimate of drug-likeness (QED) is 0.331. The molecule has 0 spiro atoms. The number of amides is 1. The van der Waals surface area contributed by atoms with E-state index in [0.29, 0.717) is 3.57 Å². The van der Waals surface area contributed by atoms with Gasteiger partial charge in [0.2, 0.25) is 0 Å². The van der Waals surface area contributed by atoms with E-state index in [1.807, 2.05) is 45.2 Å². The molecule has 72 valence electrons. The van der Waals surface area contributed by atoms with Crippen molar-refractivity contribution in [2.75, 3.05) is 0 Å². The highest BCUT2D eigenvalue weighted by Crippen LogP contribution is 2.27. The fraction of sp³-hybridized carbons (Fsp3) is 0. The molecule has 0 aliphatic heterocycles. The molecule has 0 aliphatic carbocycles. The Labute approximate surface area is 106 Å². The minimum Gasteiger partial charge on any atom is -0.506 e. The monoisotopic (exact) mass is 415 g/mol. The van der Waals surface area contributed by atoms with Crippen LogP contribution in [-0.2, 0) is 0 Å². The van der Waals surface area contributed by atoms with Crippen LogP contribution in [0.25, 0.3) is 10.4 Å². The summed E-state index contributed by atoms with van der Waals surface area (Å²) in [4.78, 5) is 13.6. The van der Waals surface area contributed by atoms with E-state index in [1.165, 1.54) is 6.07 Å². The zero-order valence-corrected chi connectivity index (χ0v) is 10.9. The van der Waals surface area contributed by atoms with Crippen LogP contribution < -0.4 is 0 Å². The second-order valence-electron chi connectivity index (χ2n) is 2.28. The normalized spacial score (nSPS) is 9.29. The van der Waals surface area contributed by atoms with Gasteiger partial charge in [0, 0.05) is 8.48 Å². The molecule has 0 heterocycles. The molecule has 1 N–H and O–H groups in total. The fourth-order valence-corrected chi connectivity index (χ4v) is 2.67. The summed E-state index contributed by atoms with van der Waals surface area (Å²) in [5, 5.41) is 12.4. The number of phenols is 1. The Morgan fingerprint density at radius 2 is 2.14 bits per heavy atom. The molecule has 0 aliphatic rings. The summed E-state index contributed by atoms with van der Waals surface area (Å²) < 4.78 is 1.34. The molecule has 0 atom stereocenters. The van der Waals surface area contributed by atoms with E-state index in [9.17, 15) is 9.90 Å². The molecule has 0 unspecified atom stereocenters. The molecular formula is C7H3I2N3O2. The van der Waals surface area contributed by atoms with Crippen LogP contribution in [0, 0.1) is 7.14 Å². The van der Waals surface area contributed by atoms with Crippen molar-refractivity contribution in [2.24, 2.45) is 5.11 Å². The van der Waals surface area contributed by atoms with Crippen LogP contribution in [0.15, 0.2) is 17.2 Å². The van der Waals surface area contributed by atoms with Crippen molar-refractivity contribution >= 4 is 51.1 Å². The smallest absolute Gasteiger partial charge is 0.252 e. The Bertz CT molecular complexity index is 441. The van der Waals surface area contributed by atoms with Gasteiger partial charge in [-0.3, -0.25) is 4.79 Å². The Kier molecular flexibility index (Phi) is 3.96. The van der Waals surface area contributed by atoms with Crippen molar-refractivity contribution in [1.29, 1.82) is 0 Å². The van der Waals surface area contributed by atoms with E-state index in [4.69, 9.17) is 5.53 Å². The van der Waals surface area contributed by atoms with E-state index in [1.54, 1.807) is 6.07 Å². The number of aromatic hydroxyl groups is 1. The predicted octanol–water partition coefficient (Wildman–Crippen LogP) is 3.05. The summed E-state index contributed by atoms with van der Waals surface area (Å²) in [6, 6.07) is 3.18. The maximum Gasteiger partial charge on any atom is 0.252 e. The molecule has 14 heavy (non-hydrogen) atoms. The standard InChI is InChI=1S/C7H3I2N3O2/c8-3-1-4(7(14)11-12-10)6(13)5(9)2-3/h1-2,13H. The number of rotatable bonds is 1. The minimum absolute atomic E-state index is 0.0269. The number of hydrogen-bond acceptors (Lipinski definition) is 2. The summed E-state index contributed by atoms with van der Waals surface area (Å²) in [7, 11) is 0. The third kappa shape index (κ3) is 2.49. The van der Waals surface area contributed by atoms with Gasteiger partial charge in [0.15, 0.2) is 0 Å². The van der Waals surface area contributed by atoms with Gasteiger partial charge in [-0.15, -0.1) is 0 Å². The lowest BCUT2D eigenvalue weighted by molar-refractivity contribution is 0.0997. The molecule has 0 radical (unpaired) electrons. The highest BCUT2D eigenvalue weighted by atomic mass is 127. The second kappa shape index (κ2) is 4.80. The summed E-state index contributed by atoms with van der Waals surface area (Å²) in [6.07, 6.45) is 0.